The van der Waals surface area contributed by atoms with Crippen LogP contribution in [0.15, 0.2) is 10.3 Å². The molecule has 2 saturated heterocycles. The maximum Gasteiger partial charge on any atom is 0.364 e. The first-order valence-electron chi connectivity index (χ1n) is 1.95. The van der Waals surface area contributed by atoms with E-state index in [4.69, 9.17) is 5.84 Å². The maximum atomic E-state index is 5.26. The van der Waals surface area contributed by atoms with Gasteiger partial charge in [-0.05, 0) is 10.3 Å². The molecule has 6 nitrogen and oxygen atoms in total. The molecule has 0 aromatic carbocycles. The lowest BCUT2D eigenvalue weighted by atomic mass is 10.9. The summed E-state index contributed by atoms with van der Waals surface area (Å²) in [5.41, 5.74) is 0. The zero-order chi connectivity index (χ0) is 4.65. The molecule has 6 heteroatoms. The summed E-state index contributed by atoms with van der Waals surface area (Å²) in [5.74, 6) is 5.01. The molecular formula is CH2N6. The zero-order valence-corrected chi connectivity index (χ0v) is 3.31. The number of hydrazine groups is 3. The average molecular weight is 98.1 g/mol. The highest BCUT2D eigenvalue weighted by Crippen LogP contribution is 2.64. The molecule has 0 aromatic rings. The minimum Gasteiger partial charge on any atom is -0.248 e. The Morgan fingerprint density at radius 2 is 2.43 bits per heavy atom. The zero-order valence-electron chi connectivity index (χ0n) is 3.31. The first-order chi connectivity index (χ1) is 3.37. The van der Waals surface area contributed by atoms with Gasteiger partial charge < -0.3 is 0 Å². The highest BCUT2D eigenvalue weighted by Gasteiger charge is 2.93. The second-order valence-corrected chi connectivity index (χ2v) is 1.71. The van der Waals surface area contributed by atoms with Crippen LogP contribution in [0.2, 0.25) is 0 Å². The molecule has 0 aromatic heterocycles. The van der Waals surface area contributed by atoms with Crippen LogP contribution in [0.5, 0.6) is 0 Å². The van der Waals surface area contributed by atoms with Gasteiger partial charge in [-0.1, -0.05) is 10.2 Å². The van der Waals surface area contributed by atoms with Crippen LogP contribution in [0.4, 0.5) is 0 Å². The van der Waals surface area contributed by atoms with Crippen LogP contribution >= 0.6 is 0 Å². The third kappa shape index (κ3) is 0.0763. The van der Waals surface area contributed by atoms with Gasteiger partial charge in [-0.2, -0.15) is 0 Å². The van der Waals surface area contributed by atoms with Crippen molar-refractivity contribution in [3.8, 4) is 0 Å². The molecule has 1 spiro atoms. The smallest absolute Gasteiger partial charge is 0.248 e. The molecule has 7 heavy (non-hydrogen) atoms. The molecule has 2 fully saturated rings. The number of fused-ring (bicyclic) bond motifs is 1. The van der Waals surface area contributed by atoms with Crippen molar-refractivity contribution in [1.82, 2.24) is 15.4 Å². The molecule has 0 saturated carbocycles. The maximum absolute atomic E-state index is 5.26. The van der Waals surface area contributed by atoms with Crippen molar-refractivity contribution in [2.75, 3.05) is 0 Å². The summed E-state index contributed by atoms with van der Waals surface area (Å²) in [6.45, 7) is 0. The first kappa shape index (κ1) is 2.55. The van der Waals surface area contributed by atoms with Crippen LogP contribution in [-0.2, 0) is 0 Å². The summed E-state index contributed by atoms with van der Waals surface area (Å²) in [6, 6.07) is 0. The van der Waals surface area contributed by atoms with E-state index in [9.17, 15) is 0 Å². The van der Waals surface area contributed by atoms with Crippen LogP contribution in [0.3, 0.4) is 0 Å². The van der Waals surface area contributed by atoms with Gasteiger partial charge in [-0.25, -0.2) is 5.84 Å². The van der Waals surface area contributed by atoms with Crippen molar-refractivity contribution in [2.45, 2.75) is 5.91 Å². The molecule has 3 unspecified atom stereocenters. The number of rotatable bonds is 0. The number of hydrogen-bond acceptors (Lipinski definition) is 6. The number of nitrogens with zero attached hydrogens (tertiary/aromatic N) is 5. The highest BCUT2D eigenvalue weighted by atomic mass is 16.5. The first-order valence-corrected chi connectivity index (χ1v) is 1.95. The predicted molar refractivity (Wildman–Crippen MR) is 17.3 cm³/mol. The third-order valence-corrected chi connectivity index (χ3v) is 1.41. The highest BCUT2D eigenvalue weighted by molar-refractivity contribution is 5.09. The Bertz CT molecular complexity index is 173. The Morgan fingerprint density at radius 1 is 1.57 bits per heavy atom. The molecule has 0 radical (unpaired) electrons. The van der Waals surface area contributed by atoms with E-state index in [-0.39, 0.29) is 5.91 Å². The van der Waals surface area contributed by atoms with Gasteiger partial charge in [0.2, 0.25) is 0 Å². The summed E-state index contributed by atoms with van der Waals surface area (Å²) in [7, 11) is 0. The Hall–Kier alpha value is -0.720. The lowest BCUT2D eigenvalue weighted by Gasteiger charge is -2.13. The fraction of sp³-hybridized carbons (Fsp3) is 1.00. The van der Waals surface area contributed by atoms with Gasteiger partial charge in [-0.15, -0.1) is 5.12 Å². The fourth-order valence-electron chi connectivity index (χ4n) is 0.826. The second kappa shape index (κ2) is 0.365. The van der Waals surface area contributed by atoms with Crippen LogP contribution in [0.1, 0.15) is 0 Å². The Balaban J connectivity index is 2.18. The van der Waals surface area contributed by atoms with Crippen LogP contribution in [0, 0.1) is 0 Å². The molecule has 3 rings (SSSR count). The molecule has 0 bridgehead atoms. The normalized spacial score (nSPS) is 68.4. The molecule has 3 aliphatic rings. The predicted octanol–water partition coefficient (Wildman–Crippen LogP) is -1.38. The Morgan fingerprint density at radius 3 is 2.43 bits per heavy atom. The van der Waals surface area contributed by atoms with E-state index in [0.29, 0.717) is 0 Å². The van der Waals surface area contributed by atoms with Crippen molar-refractivity contribution >= 4 is 0 Å². The van der Waals surface area contributed by atoms with E-state index in [1.54, 1.807) is 10.2 Å². The largest absolute Gasteiger partial charge is 0.364 e. The molecule has 36 valence electrons. The van der Waals surface area contributed by atoms with Gasteiger partial charge >= 0.3 is 5.91 Å². The summed E-state index contributed by atoms with van der Waals surface area (Å²) >= 11 is 0. The van der Waals surface area contributed by atoms with Gasteiger partial charge in [0.15, 0.2) is 0 Å². The monoisotopic (exact) mass is 98.0 g/mol. The van der Waals surface area contributed by atoms with Gasteiger partial charge in [-0.3, -0.25) is 0 Å². The second-order valence-electron chi connectivity index (χ2n) is 1.71. The number of hydrogen-bond donors (Lipinski definition) is 1. The average Bonchev–Trinajstić information content (AvgIpc) is 2.27. The minimum absolute atomic E-state index is 0.250. The Labute approximate surface area is 38.7 Å². The van der Waals surface area contributed by atoms with E-state index >= 15 is 0 Å². The lowest BCUT2D eigenvalue weighted by Crippen LogP contribution is -2.39. The molecule has 0 aliphatic carbocycles. The van der Waals surface area contributed by atoms with E-state index < -0.39 is 0 Å². The molecule has 3 atom stereocenters. The molecule has 3 heterocycles. The van der Waals surface area contributed by atoms with Crippen molar-refractivity contribution < 1.29 is 0 Å². The van der Waals surface area contributed by atoms with Crippen molar-refractivity contribution in [3.63, 3.8) is 0 Å². The summed E-state index contributed by atoms with van der Waals surface area (Å²) in [5, 5.41) is 12.2. The van der Waals surface area contributed by atoms with Crippen molar-refractivity contribution in [3.05, 3.63) is 0 Å². The van der Waals surface area contributed by atoms with Gasteiger partial charge in [0.05, 0.1) is 0 Å². The molecule has 0 amide bonds. The third-order valence-electron chi connectivity index (χ3n) is 1.41. The van der Waals surface area contributed by atoms with E-state index in [0.717, 1.165) is 0 Å². The molecule has 2 N–H and O–H groups in total. The van der Waals surface area contributed by atoms with Crippen LogP contribution < -0.4 is 5.84 Å². The fourth-order valence-corrected chi connectivity index (χ4v) is 0.826. The lowest BCUT2D eigenvalue weighted by molar-refractivity contribution is -0.00416. The van der Waals surface area contributed by atoms with Gasteiger partial charge in [0.1, 0.15) is 0 Å². The van der Waals surface area contributed by atoms with Gasteiger partial charge in [0.25, 0.3) is 0 Å². The van der Waals surface area contributed by atoms with Crippen LogP contribution in [-0.4, -0.2) is 21.3 Å². The van der Waals surface area contributed by atoms with Crippen LogP contribution in [0.25, 0.3) is 0 Å². The SMILES string of the molecule is NN1N2N3N=NC132. The van der Waals surface area contributed by atoms with Crippen molar-refractivity contribution in [1.29, 1.82) is 0 Å². The van der Waals surface area contributed by atoms with Gasteiger partial charge in [0, 0.05) is 0 Å². The number of nitrogens with two attached hydrogens (primary N) is 1. The molecular weight excluding hydrogens is 96.1 g/mol. The van der Waals surface area contributed by atoms with E-state index in [2.05, 4.69) is 10.3 Å². The van der Waals surface area contributed by atoms with E-state index in [1.807, 2.05) is 0 Å². The Kier molecular flexibility index (Phi) is 0.133. The molecule has 3 aliphatic heterocycles. The standard InChI is InChI=1S/CH2N6/c2-5-1-3-4-6(1)7(1)5/h2H2. The summed E-state index contributed by atoms with van der Waals surface area (Å²) in [4.78, 5) is 0. The summed E-state index contributed by atoms with van der Waals surface area (Å²) in [6.07, 6.45) is 0. The quantitative estimate of drug-likeness (QED) is 0.299. The summed E-state index contributed by atoms with van der Waals surface area (Å²) < 4.78 is 0. The minimum atomic E-state index is -0.250. The topological polar surface area (TPSA) is 59.8 Å². The van der Waals surface area contributed by atoms with Crippen molar-refractivity contribution in [2.24, 2.45) is 16.2 Å². The van der Waals surface area contributed by atoms with E-state index in [1.165, 1.54) is 5.12 Å².